The van der Waals surface area contributed by atoms with E-state index in [1.54, 1.807) is 24.3 Å². The number of carbonyl (C=O) groups is 1. The molecular formula is C7H6NOSc-. The van der Waals surface area contributed by atoms with E-state index in [1.165, 1.54) is 0 Å². The monoisotopic (exact) mass is 165 g/mol. The van der Waals surface area contributed by atoms with Crippen LogP contribution >= 0.6 is 0 Å². The van der Waals surface area contributed by atoms with E-state index in [2.05, 4.69) is 0 Å². The topological polar surface area (TPSA) is 40.9 Å². The number of rotatable bonds is 1. The van der Waals surface area contributed by atoms with Gasteiger partial charge in [-0.15, -0.1) is 0 Å². The molecule has 0 aliphatic carbocycles. The first-order valence-corrected chi connectivity index (χ1v) is 2.61. The first-order chi connectivity index (χ1) is 4.30. The number of amides is 1. The molecule has 2 nitrogen and oxygen atoms in total. The molecule has 1 amide bonds. The van der Waals surface area contributed by atoms with E-state index in [-0.39, 0.29) is 25.8 Å². The number of hydrogen-bond acceptors (Lipinski definition) is 1. The molecule has 1 radical (unpaired) electrons. The minimum Gasteiger partial charge on any atom is -0.664 e. The smallest absolute Gasteiger partial charge is 0.0796 e. The predicted molar refractivity (Wildman–Crippen MR) is 35.1 cm³/mol. The third-order valence-electron chi connectivity index (χ3n) is 1.04. The van der Waals surface area contributed by atoms with E-state index >= 15 is 0 Å². The molecule has 49 valence electrons. The maximum atomic E-state index is 10.3. The number of carbonyl (C=O) groups excluding carboxylic acids is 1. The minimum atomic E-state index is -0.629. The standard InChI is InChI=1S/C7H7NO.Sc/c8-7(9)6-4-2-1-3-5-6;/h1-5H,(H2,8,9);/p-1. The summed E-state index contributed by atoms with van der Waals surface area (Å²) in [7, 11) is 0. The van der Waals surface area contributed by atoms with E-state index < -0.39 is 5.91 Å². The molecule has 0 fully saturated rings. The molecular weight excluding hydrogens is 159 g/mol. The van der Waals surface area contributed by atoms with Crippen molar-refractivity contribution in [3.05, 3.63) is 41.6 Å². The second-order valence-electron chi connectivity index (χ2n) is 1.70. The van der Waals surface area contributed by atoms with E-state index in [1.807, 2.05) is 6.07 Å². The second-order valence-corrected chi connectivity index (χ2v) is 1.70. The summed E-state index contributed by atoms with van der Waals surface area (Å²) in [6.45, 7) is 0. The Labute approximate surface area is 78.2 Å². The zero-order valence-electron chi connectivity index (χ0n) is 5.37. The third kappa shape index (κ3) is 2.43. The molecule has 0 unspecified atom stereocenters. The summed E-state index contributed by atoms with van der Waals surface area (Å²) in [6, 6.07) is 8.53. The van der Waals surface area contributed by atoms with Crippen LogP contribution in [0.1, 0.15) is 10.4 Å². The van der Waals surface area contributed by atoms with Gasteiger partial charge in [0.1, 0.15) is 0 Å². The van der Waals surface area contributed by atoms with Crippen molar-refractivity contribution in [3.63, 3.8) is 0 Å². The Morgan fingerprint density at radius 3 is 2.00 bits per heavy atom. The van der Waals surface area contributed by atoms with Crippen LogP contribution in [0, 0.1) is 0 Å². The van der Waals surface area contributed by atoms with Gasteiger partial charge in [0.2, 0.25) is 0 Å². The Morgan fingerprint density at radius 2 is 1.70 bits per heavy atom. The Hall–Kier alpha value is -0.440. The molecule has 0 atom stereocenters. The summed E-state index contributed by atoms with van der Waals surface area (Å²) in [4.78, 5) is 10.3. The van der Waals surface area contributed by atoms with Crippen molar-refractivity contribution < 1.29 is 30.6 Å². The minimum absolute atomic E-state index is 0. The quantitative estimate of drug-likeness (QED) is 0.626. The molecule has 0 aliphatic rings. The molecule has 0 spiro atoms. The molecule has 10 heavy (non-hydrogen) atoms. The van der Waals surface area contributed by atoms with Crippen molar-refractivity contribution in [1.29, 1.82) is 0 Å². The van der Waals surface area contributed by atoms with Crippen LogP contribution in [0.5, 0.6) is 0 Å². The van der Waals surface area contributed by atoms with Crippen LogP contribution in [0.25, 0.3) is 5.73 Å². The van der Waals surface area contributed by atoms with Crippen molar-refractivity contribution >= 4 is 5.91 Å². The van der Waals surface area contributed by atoms with E-state index in [4.69, 9.17) is 5.73 Å². The van der Waals surface area contributed by atoms with Gasteiger partial charge in [-0.3, -0.25) is 0 Å². The number of benzene rings is 1. The Bertz CT molecular complexity index is 210. The van der Waals surface area contributed by atoms with Crippen LogP contribution in [-0.4, -0.2) is 5.91 Å². The van der Waals surface area contributed by atoms with Gasteiger partial charge in [0.25, 0.3) is 0 Å². The van der Waals surface area contributed by atoms with Crippen molar-refractivity contribution in [2.45, 2.75) is 0 Å². The molecule has 1 N–H and O–H groups in total. The fraction of sp³-hybridized carbons (Fsp3) is 0. The zero-order chi connectivity index (χ0) is 6.69. The van der Waals surface area contributed by atoms with Gasteiger partial charge in [-0.25, -0.2) is 0 Å². The molecule has 0 saturated carbocycles. The number of hydrogen-bond donors (Lipinski definition) is 0. The average molecular weight is 165 g/mol. The summed E-state index contributed by atoms with van der Waals surface area (Å²) < 4.78 is 0. The largest absolute Gasteiger partial charge is 0.664 e. The summed E-state index contributed by atoms with van der Waals surface area (Å²) in [6.07, 6.45) is 0. The van der Waals surface area contributed by atoms with E-state index in [0.717, 1.165) is 0 Å². The van der Waals surface area contributed by atoms with Crippen molar-refractivity contribution in [1.82, 2.24) is 0 Å². The van der Waals surface area contributed by atoms with Gasteiger partial charge in [-0.1, -0.05) is 30.3 Å². The Kier molecular flexibility index (Phi) is 4.19. The molecule has 0 saturated heterocycles. The van der Waals surface area contributed by atoms with Crippen LogP contribution < -0.4 is 0 Å². The third-order valence-corrected chi connectivity index (χ3v) is 1.04. The van der Waals surface area contributed by atoms with Gasteiger partial charge in [0, 0.05) is 25.8 Å². The van der Waals surface area contributed by atoms with Crippen molar-refractivity contribution in [2.24, 2.45) is 0 Å². The van der Waals surface area contributed by atoms with Gasteiger partial charge < -0.3 is 10.5 Å². The molecule has 1 rings (SSSR count). The van der Waals surface area contributed by atoms with E-state index in [9.17, 15) is 4.79 Å². The van der Waals surface area contributed by atoms with Gasteiger partial charge in [0.05, 0.1) is 5.91 Å². The van der Waals surface area contributed by atoms with Gasteiger partial charge in [-0.05, 0) is 5.56 Å². The zero-order valence-corrected chi connectivity index (χ0v) is 7.18. The fourth-order valence-electron chi connectivity index (χ4n) is 0.590. The molecule has 1 aromatic carbocycles. The first kappa shape index (κ1) is 9.56. The van der Waals surface area contributed by atoms with Crippen molar-refractivity contribution in [3.8, 4) is 0 Å². The van der Waals surface area contributed by atoms with Crippen LogP contribution in [0.15, 0.2) is 30.3 Å². The van der Waals surface area contributed by atoms with Crippen LogP contribution in [-0.2, 0) is 25.8 Å². The Balaban J connectivity index is 0.000000810. The molecule has 0 aromatic heterocycles. The molecule has 0 heterocycles. The fourth-order valence-corrected chi connectivity index (χ4v) is 0.590. The first-order valence-electron chi connectivity index (χ1n) is 2.61. The van der Waals surface area contributed by atoms with Crippen LogP contribution in [0.3, 0.4) is 0 Å². The average Bonchev–Trinajstić information content (AvgIpc) is 1.90. The van der Waals surface area contributed by atoms with Gasteiger partial charge >= 0.3 is 0 Å². The summed E-state index contributed by atoms with van der Waals surface area (Å²) >= 11 is 0. The SMILES string of the molecule is [NH-]C(=O)c1ccccc1.[Sc]. The van der Waals surface area contributed by atoms with Crippen LogP contribution in [0.2, 0.25) is 0 Å². The van der Waals surface area contributed by atoms with Gasteiger partial charge in [0.15, 0.2) is 0 Å². The summed E-state index contributed by atoms with van der Waals surface area (Å²) in [5, 5.41) is 0. The second kappa shape index (κ2) is 4.39. The Morgan fingerprint density at radius 1 is 1.20 bits per heavy atom. The summed E-state index contributed by atoms with van der Waals surface area (Å²) in [5.41, 5.74) is 7.12. The molecule has 3 heteroatoms. The van der Waals surface area contributed by atoms with Crippen molar-refractivity contribution in [2.75, 3.05) is 0 Å². The maximum absolute atomic E-state index is 10.3. The summed E-state index contributed by atoms with van der Waals surface area (Å²) in [5.74, 6) is -0.629. The molecule has 1 aromatic rings. The van der Waals surface area contributed by atoms with E-state index in [0.29, 0.717) is 5.56 Å². The van der Waals surface area contributed by atoms with Gasteiger partial charge in [-0.2, -0.15) is 0 Å². The van der Waals surface area contributed by atoms with Crippen LogP contribution in [0.4, 0.5) is 0 Å². The molecule has 0 aliphatic heterocycles. The predicted octanol–water partition coefficient (Wildman–Crippen LogP) is 1.88. The molecule has 0 bridgehead atoms. The normalized spacial score (nSPS) is 8.00. The number of nitrogens with one attached hydrogen (secondary N) is 1. The maximum Gasteiger partial charge on any atom is 0.0796 e.